The minimum Gasteiger partial charge on any atom is -0.508 e. The largest absolute Gasteiger partial charge is 0.508 e. The van der Waals surface area contributed by atoms with Crippen LogP contribution in [0.5, 0.6) is 11.5 Å². The standard InChI is InChI=1S/C44H48N4O5/c1-2-38(31-9-5-3-6-10-31)42(32-12-17-36(49)18-13-32)33-14-19-37(20-15-33)53-28-8-4-7-23-46-24-26-47(27-25-46)35-16-11-34-30-48(44(52)39(34)29-35)40-21-22-41(50)45-43(40)51/h3,5-6,9-20,29,40,49H,2,4,7-8,21-28,30H2,1H3,(H,45,50,51)/b42-38-. The number of nitrogens with zero attached hydrogens (tertiary/aromatic N) is 3. The molecule has 9 nitrogen and oxygen atoms in total. The van der Waals surface area contributed by atoms with Gasteiger partial charge in [0.1, 0.15) is 17.5 Å². The van der Waals surface area contributed by atoms with E-state index >= 15 is 0 Å². The zero-order valence-corrected chi connectivity index (χ0v) is 30.4. The van der Waals surface area contributed by atoms with Crippen molar-refractivity contribution in [2.24, 2.45) is 0 Å². The van der Waals surface area contributed by atoms with Gasteiger partial charge in [0.15, 0.2) is 0 Å². The molecule has 1 unspecified atom stereocenters. The van der Waals surface area contributed by atoms with Crippen LogP contribution in [-0.2, 0) is 16.1 Å². The molecule has 2 saturated heterocycles. The number of imide groups is 1. The molecule has 53 heavy (non-hydrogen) atoms. The minimum absolute atomic E-state index is 0.128. The number of carbonyl (C=O) groups is 3. The van der Waals surface area contributed by atoms with Crippen LogP contribution in [0.2, 0.25) is 0 Å². The summed E-state index contributed by atoms with van der Waals surface area (Å²) in [6.07, 6.45) is 4.71. The molecule has 4 aromatic carbocycles. The lowest BCUT2D eigenvalue weighted by Crippen LogP contribution is -2.52. The number of aromatic hydroxyl groups is 1. The van der Waals surface area contributed by atoms with Crippen LogP contribution in [0.1, 0.15) is 78.1 Å². The highest BCUT2D eigenvalue weighted by Crippen LogP contribution is 2.36. The summed E-state index contributed by atoms with van der Waals surface area (Å²) in [4.78, 5) is 43.7. The highest BCUT2D eigenvalue weighted by atomic mass is 16.5. The van der Waals surface area contributed by atoms with Gasteiger partial charge in [0.05, 0.1) is 6.61 Å². The molecular weight excluding hydrogens is 665 g/mol. The average molecular weight is 713 g/mol. The van der Waals surface area contributed by atoms with E-state index in [0.717, 1.165) is 92.1 Å². The molecule has 2 N–H and O–H groups in total. The van der Waals surface area contributed by atoms with Crippen molar-refractivity contribution >= 4 is 34.6 Å². The highest BCUT2D eigenvalue weighted by molar-refractivity contribution is 6.05. The number of phenols is 1. The summed E-state index contributed by atoms with van der Waals surface area (Å²) < 4.78 is 6.15. The molecule has 0 saturated carbocycles. The van der Waals surface area contributed by atoms with Crippen molar-refractivity contribution in [3.8, 4) is 11.5 Å². The molecule has 0 bridgehead atoms. The lowest BCUT2D eigenvalue weighted by molar-refractivity contribution is -0.136. The molecule has 3 aliphatic heterocycles. The predicted molar refractivity (Wildman–Crippen MR) is 208 cm³/mol. The summed E-state index contributed by atoms with van der Waals surface area (Å²) in [7, 11) is 0. The predicted octanol–water partition coefficient (Wildman–Crippen LogP) is 6.89. The van der Waals surface area contributed by atoms with E-state index in [4.69, 9.17) is 4.74 Å². The van der Waals surface area contributed by atoms with E-state index in [1.165, 1.54) is 11.1 Å². The van der Waals surface area contributed by atoms with Gasteiger partial charge in [0.2, 0.25) is 11.8 Å². The minimum atomic E-state index is -0.591. The number of rotatable bonds is 13. The topological polar surface area (TPSA) is 102 Å². The maximum absolute atomic E-state index is 13.3. The van der Waals surface area contributed by atoms with Gasteiger partial charge in [-0.15, -0.1) is 0 Å². The number of anilines is 1. The van der Waals surface area contributed by atoms with Gasteiger partial charge in [-0.1, -0.05) is 67.6 Å². The molecule has 1 atom stereocenters. The van der Waals surface area contributed by atoms with Crippen molar-refractivity contribution in [3.05, 3.63) is 125 Å². The van der Waals surface area contributed by atoms with Crippen LogP contribution in [0.25, 0.3) is 11.1 Å². The van der Waals surface area contributed by atoms with Gasteiger partial charge in [-0.3, -0.25) is 24.6 Å². The molecule has 7 rings (SSSR count). The van der Waals surface area contributed by atoms with Crippen molar-refractivity contribution in [1.82, 2.24) is 15.1 Å². The molecule has 0 aliphatic carbocycles. The molecule has 4 aromatic rings. The van der Waals surface area contributed by atoms with E-state index in [1.54, 1.807) is 17.0 Å². The second-order valence-electron chi connectivity index (χ2n) is 14.1. The SMILES string of the molecule is CC/C(=C(\c1ccc(O)cc1)c1ccc(OCCCCCN2CCN(c3ccc4c(c3)C(=O)N(C3CCC(=O)NC3=O)C4)CC2)cc1)c1ccccc1. The van der Waals surface area contributed by atoms with E-state index < -0.39 is 6.04 Å². The fraction of sp³-hybridized carbons (Fsp3) is 0.341. The molecule has 3 amide bonds. The van der Waals surface area contributed by atoms with E-state index in [1.807, 2.05) is 30.3 Å². The lowest BCUT2D eigenvalue weighted by atomic mass is 9.88. The lowest BCUT2D eigenvalue weighted by Gasteiger charge is -2.36. The maximum atomic E-state index is 13.3. The van der Waals surface area contributed by atoms with Gasteiger partial charge in [0, 0.05) is 50.4 Å². The molecular formula is C44H48N4O5. The van der Waals surface area contributed by atoms with Crippen LogP contribution in [0.3, 0.4) is 0 Å². The monoisotopic (exact) mass is 712 g/mol. The van der Waals surface area contributed by atoms with Crippen molar-refractivity contribution in [2.45, 2.75) is 58.0 Å². The second-order valence-corrected chi connectivity index (χ2v) is 14.1. The maximum Gasteiger partial charge on any atom is 0.255 e. The Morgan fingerprint density at radius 2 is 1.53 bits per heavy atom. The van der Waals surface area contributed by atoms with Crippen LogP contribution in [0.15, 0.2) is 97.1 Å². The van der Waals surface area contributed by atoms with Crippen LogP contribution in [-0.4, -0.2) is 78.0 Å². The van der Waals surface area contributed by atoms with Gasteiger partial charge >= 0.3 is 0 Å². The molecule has 274 valence electrons. The number of piperidine rings is 1. The number of nitrogens with one attached hydrogen (secondary N) is 1. The van der Waals surface area contributed by atoms with Gasteiger partial charge < -0.3 is 19.6 Å². The van der Waals surface area contributed by atoms with Crippen LogP contribution >= 0.6 is 0 Å². The quantitative estimate of drug-likeness (QED) is 0.0885. The number of unbranched alkanes of at least 4 members (excludes halogenated alkanes) is 2. The third-order valence-electron chi connectivity index (χ3n) is 10.7. The fourth-order valence-corrected chi connectivity index (χ4v) is 7.80. The molecule has 3 aliphatic rings. The van der Waals surface area contributed by atoms with Gasteiger partial charge in [-0.25, -0.2) is 0 Å². The number of allylic oxidation sites excluding steroid dienone is 1. The number of phenolic OH excluding ortho intramolecular Hbond substituents is 1. The van der Waals surface area contributed by atoms with Gasteiger partial charge in [0.25, 0.3) is 5.91 Å². The number of ether oxygens (including phenoxy) is 1. The first-order valence-electron chi connectivity index (χ1n) is 18.9. The zero-order valence-electron chi connectivity index (χ0n) is 30.4. The van der Waals surface area contributed by atoms with Crippen molar-refractivity contribution in [2.75, 3.05) is 44.2 Å². The van der Waals surface area contributed by atoms with Crippen molar-refractivity contribution in [1.29, 1.82) is 0 Å². The van der Waals surface area contributed by atoms with E-state index in [2.05, 4.69) is 76.6 Å². The number of piperazine rings is 1. The normalized spacial score (nSPS) is 18.1. The Hall–Kier alpha value is -5.41. The van der Waals surface area contributed by atoms with Crippen LogP contribution in [0.4, 0.5) is 5.69 Å². The summed E-state index contributed by atoms with van der Waals surface area (Å²) in [6, 6.07) is 31.8. The Bertz CT molecular complexity index is 1950. The van der Waals surface area contributed by atoms with Crippen LogP contribution < -0.4 is 15.0 Å². The number of benzene rings is 4. The third-order valence-corrected chi connectivity index (χ3v) is 10.7. The van der Waals surface area contributed by atoms with Crippen LogP contribution in [0, 0.1) is 0 Å². The molecule has 0 radical (unpaired) electrons. The Kier molecular flexibility index (Phi) is 11.2. The average Bonchev–Trinajstić information content (AvgIpc) is 3.51. The molecule has 0 aromatic heterocycles. The summed E-state index contributed by atoms with van der Waals surface area (Å²) in [5, 5.41) is 12.3. The smallest absolute Gasteiger partial charge is 0.255 e. The Labute approximate surface area is 311 Å². The Morgan fingerprint density at radius 3 is 2.23 bits per heavy atom. The van der Waals surface area contributed by atoms with Gasteiger partial charge in [-0.2, -0.15) is 0 Å². The number of amides is 3. The third kappa shape index (κ3) is 8.31. The highest BCUT2D eigenvalue weighted by Gasteiger charge is 2.39. The fourth-order valence-electron chi connectivity index (χ4n) is 7.80. The summed E-state index contributed by atoms with van der Waals surface area (Å²) in [6.45, 7) is 8.07. The first-order chi connectivity index (χ1) is 25.9. The second kappa shape index (κ2) is 16.5. The molecule has 9 heteroatoms. The Balaban J connectivity index is 0.854. The number of carbonyl (C=O) groups excluding carboxylic acids is 3. The van der Waals surface area contributed by atoms with Gasteiger partial charge in [-0.05, 0) is 108 Å². The van der Waals surface area contributed by atoms with E-state index in [-0.39, 0.29) is 29.9 Å². The molecule has 0 spiro atoms. The Morgan fingerprint density at radius 1 is 0.811 bits per heavy atom. The molecule has 3 heterocycles. The van der Waals surface area contributed by atoms with E-state index in [0.29, 0.717) is 25.1 Å². The number of hydrogen-bond donors (Lipinski definition) is 2. The molecule has 2 fully saturated rings. The number of hydrogen-bond acceptors (Lipinski definition) is 7. The van der Waals surface area contributed by atoms with E-state index in [9.17, 15) is 19.5 Å². The number of fused-ring (bicyclic) bond motifs is 1. The summed E-state index contributed by atoms with van der Waals surface area (Å²) >= 11 is 0. The van der Waals surface area contributed by atoms with Crippen molar-refractivity contribution in [3.63, 3.8) is 0 Å². The first kappa shape index (κ1) is 36.0. The summed E-state index contributed by atoms with van der Waals surface area (Å²) in [5.41, 5.74) is 8.43. The first-order valence-corrected chi connectivity index (χ1v) is 18.9. The zero-order chi connectivity index (χ0) is 36.7. The summed E-state index contributed by atoms with van der Waals surface area (Å²) in [5.74, 6) is 0.342. The van der Waals surface area contributed by atoms with Crippen molar-refractivity contribution < 1.29 is 24.2 Å².